The van der Waals surface area contributed by atoms with E-state index in [1.54, 1.807) is 30.3 Å². The lowest BCUT2D eigenvalue weighted by molar-refractivity contribution is 0.0950. The summed E-state index contributed by atoms with van der Waals surface area (Å²) in [5.41, 5.74) is 0.663. The van der Waals surface area contributed by atoms with Gasteiger partial charge in [-0.1, -0.05) is 24.3 Å². The number of methoxy groups -OCH3 is 1. The van der Waals surface area contributed by atoms with Gasteiger partial charge in [-0.2, -0.15) is 0 Å². The second kappa shape index (κ2) is 6.74. The Labute approximate surface area is 122 Å². The molecule has 0 radical (unpaired) electrons. The molecule has 0 aliphatic heterocycles. The number of para-hydroxylation sites is 1. The van der Waals surface area contributed by atoms with Crippen LogP contribution in [0.4, 0.5) is 4.39 Å². The summed E-state index contributed by atoms with van der Waals surface area (Å²) in [6.45, 7) is 0.274. The van der Waals surface area contributed by atoms with Crippen molar-refractivity contribution in [1.82, 2.24) is 5.32 Å². The van der Waals surface area contributed by atoms with Gasteiger partial charge in [-0.3, -0.25) is 4.79 Å². The maximum atomic E-state index is 13.4. The number of hydrogen-bond donors (Lipinski definition) is 2. The summed E-state index contributed by atoms with van der Waals surface area (Å²) in [5.74, 6) is -0.695. The van der Waals surface area contributed by atoms with Crippen LogP contribution in [-0.2, 0) is 6.42 Å². The summed E-state index contributed by atoms with van der Waals surface area (Å²) >= 11 is 0. The Morgan fingerprint density at radius 1 is 1.24 bits per heavy atom. The molecule has 2 aromatic rings. The zero-order chi connectivity index (χ0) is 15.2. The Morgan fingerprint density at radius 3 is 2.71 bits per heavy atom. The number of carbonyl (C=O) groups excluding carboxylic acids is 1. The lowest BCUT2D eigenvalue weighted by atomic mass is 10.1. The van der Waals surface area contributed by atoms with Crippen molar-refractivity contribution in [3.63, 3.8) is 0 Å². The number of phenolic OH excluding ortho intramolecular Hbond substituents is 1. The minimum Gasteiger partial charge on any atom is -0.504 e. The third-order valence-electron chi connectivity index (χ3n) is 3.10. The van der Waals surface area contributed by atoms with E-state index in [0.717, 1.165) is 0 Å². The number of rotatable bonds is 5. The highest BCUT2D eigenvalue weighted by molar-refractivity contribution is 5.97. The SMILES string of the molecule is COc1cccc(C(=O)NCCc2ccccc2F)c1O. The highest BCUT2D eigenvalue weighted by Crippen LogP contribution is 2.29. The number of hydrogen-bond acceptors (Lipinski definition) is 3. The molecule has 0 atom stereocenters. The molecule has 5 heteroatoms. The molecule has 0 saturated heterocycles. The number of carbonyl (C=O) groups is 1. The summed E-state index contributed by atoms with van der Waals surface area (Å²) in [6, 6.07) is 11.1. The average Bonchev–Trinajstić information content (AvgIpc) is 2.49. The topological polar surface area (TPSA) is 58.6 Å². The van der Waals surface area contributed by atoms with Crippen LogP contribution in [0.5, 0.6) is 11.5 Å². The molecule has 2 aromatic carbocycles. The van der Waals surface area contributed by atoms with E-state index in [-0.39, 0.29) is 29.4 Å². The monoisotopic (exact) mass is 289 g/mol. The number of ether oxygens (including phenoxy) is 1. The fourth-order valence-electron chi connectivity index (χ4n) is 1.98. The van der Waals surface area contributed by atoms with Gasteiger partial charge in [0.1, 0.15) is 5.82 Å². The molecule has 2 rings (SSSR count). The smallest absolute Gasteiger partial charge is 0.255 e. The molecular formula is C16H16FNO3. The van der Waals surface area contributed by atoms with Gasteiger partial charge in [0.2, 0.25) is 0 Å². The fraction of sp³-hybridized carbons (Fsp3) is 0.188. The predicted octanol–water partition coefficient (Wildman–Crippen LogP) is 2.51. The van der Waals surface area contributed by atoms with E-state index in [4.69, 9.17) is 4.74 Å². The summed E-state index contributed by atoms with van der Waals surface area (Å²) in [4.78, 5) is 12.0. The minimum atomic E-state index is -0.428. The van der Waals surface area contributed by atoms with Crippen LogP contribution < -0.4 is 10.1 Å². The molecule has 0 aromatic heterocycles. The van der Waals surface area contributed by atoms with Crippen LogP contribution in [0.2, 0.25) is 0 Å². The normalized spacial score (nSPS) is 10.2. The van der Waals surface area contributed by atoms with E-state index in [9.17, 15) is 14.3 Å². The van der Waals surface area contributed by atoms with E-state index < -0.39 is 5.91 Å². The largest absolute Gasteiger partial charge is 0.504 e. The molecule has 2 N–H and O–H groups in total. The Hall–Kier alpha value is -2.56. The van der Waals surface area contributed by atoms with Crippen molar-refractivity contribution in [1.29, 1.82) is 0 Å². The third kappa shape index (κ3) is 3.51. The van der Waals surface area contributed by atoms with Crippen molar-refractivity contribution in [3.8, 4) is 11.5 Å². The molecule has 0 heterocycles. The number of aromatic hydroxyl groups is 1. The van der Waals surface area contributed by atoms with Crippen LogP contribution in [0.25, 0.3) is 0 Å². The molecule has 0 aliphatic carbocycles. The van der Waals surface area contributed by atoms with Gasteiger partial charge in [-0.25, -0.2) is 4.39 Å². The maximum absolute atomic E-state index is 13.4. The molecule has 0 unspecified atom stereocenters. The van der Waals surface area contributed by atoms with Crippen molar-refractivity contribution in [3.05, 3.63) is 59.4 Å². The number of amides is 1. The molecule has 4 nitrogen and oxygen atoms in total. The van der Waals surface area contributed by atoms with Crippen molar-refractivity contribution in [2.24, 2.45) is 0 Å². The Morgan fingerprint density at radius 2 is 2.00 bits per heavy atom. The van der Waals surface area contributed by atoms with Crippen LogP contribution in [-0.4, -0.2) is 24.7 Å². The summed E-state index contributed by atoms with van der Waals surface area (Å²) in [5, 5.41) is 12.5. The molecule has 0 fully saturated rings. The summed E-state index contributed by atoms with van der Waals surface area (Å²) in [6.07, 6.45) is 0.378. The Bertz CT molecular complexity index is 643. The number of benzene rings is 2. The van der Waals surface area contributed by atoms with Gasteiger partial charge in [0.25, 0.3) is 5.91 Å². The van der Waals surface area contributed by atoms with Gasteiger partial charge in [-0.05, 0) is 30.2 Å². The first-order valence-electron chi connectivity index (χ1n) is 6.51. The predicted molar refractivity (Wildman–Crippen MR) is 77.1 cm³/mol. The average molecular weight is 289 g/mol. The quantitative estimate of drug-likeness (QED) is 0.889. The second-order valence-electron chi connectivity index (χ2n) is 4.45. The first-order valence-corrected chi connectivity index (χ1v) is 6.51. The molecule has 0 spiro atoms. The molecular weight excluding hydrogens is 273 g/mol. The standard InChI is InChI=1S/C16H16FNO3/c1-21-14-8-4-6-12(15(14)19)16(20)18-10-9-11-5-2-3-7-13(11)17/h2-8,19H,9-10H2,1H3,(H,18,20). The zero-order valence-corrected chi connectivity index (χ0v) is 11.6. The molecule has 110 valence electrons. The maximum Gasteiger partial charge on any atom is 0.255 e. The summed E-state index contributed by atoms with van der Waals surface area (Å²) < 4.78 is 18.4. The Kier molecular flexibility index (Phi) is 4.77. The molecule has 1 amide bonds. The van der Waals surface area contributed by atoms with Crippen LogP contribution in [0.3, 0.4) is 0 Å². The third-order valence-corrected chi connectivity index (χ3v) is 3.10. The zero-order valence-electron chi connectivity index (χ0n) is 11.6. The Balaban J connectivity index is 1.98. The van der Waals surface area contributed by atoms with Crippen molar-refractivity contribution in [2.75, 3.05) is 13.7 Å². The van der Waals surface area contributed by atoms with Crippen LogP contribution >= 0.6 is 0 Å². The van der Waals surface area contributed by atoms with Crippen molar-refractivity contribution < 1.29 is 19.0 Å². The van der Waals surface area contributed by atoms with E-state index in [1.165, 1.54) is 19.2 Å². The highest BCUT2D eigenvalue weighted by atomic mass is 19.1. The van der Waals surface area contributed by atoms with Crippen LogP contribution in [0, 0.1) is 5.82 Å². The molecule has 21 heavy (non-hydrogen) atoms. The number of phenols is 1. The van der Waals surface area contributed by atoms with Crippen molar-refractivity contribution in [2.45, 2.75) is 6.42 Å². The minimum absolute atomic E-state index is 0.128. The second-order valence-corrected chi connectivity index (χ2v) is 4.45. The number of halogens is 1. The van der Waals surface area contributed by atoms with E-state index in [1.807, 2.05) is 0 Å². The van der Waals surface area contributed by atoms with Crippen LogP contribution in [0.1, 0.15) is 15.9 Å². The van der Waals surface area contributed by atoms with Gasteiger partial charge in [-0.15, -0.1) is 0 Å². The summed E-state index contributed by atoms with van der Waals surface area (Å²) in [7, 11) is 1.41. The first kappa shape index (κ1) is 14.8. The van der Waals surface area contributed by atoms with Gasteiger partial charge >= 0.3 is 0 Å². The van der Waals surface area contributed by atoms with E-state index in [2.05, 4.69) is 5.32 Å². The fourth-order valence-corrected chi connectivity index (χ4v) is 1.98. The van der Waals surface area contributed by atoms with Gasteiger partial charge in [0, 0.05) is 6.54 Å². The first-order chi connectivity index (χ1) is 10.1. The van der Waals surface area contributed by atoms with Crippen LogP contribution in [0.15, 0.2) is 42.5 Å². The van der Waals surface area contributed by atoms with Gasteiger partial charge in [0.05, 0.1) is 12.7 Å². The van der Waals surface area contributed by atoms with E-state index >= 15 is 0 Å². The molecule has 0 saturated carbocycles. The lowest BCUT2D eigenvalue weighted by Gasteiger charge is -2.09. The van der Waals surface area contributed by atoms with Crippen molar-refractivity contribution >= 4 is 5.91 Å². The van der Waals surface area contributed by atoms with Gasteiger partial charge < -0.3 is 15.2 Å². The molecule has 0 aliphatic rings. The lowest BCUT2D eigenvalue weighted by Crippen LogP contribution is -2.26. The van der Waals surface area contributed by atoms with Gasteiger partial charge in [0.15, 0.2) is 11.5 Å². The van der Waals surface area contributed by atoms with E-state index in [0.29, 0.717) is 12.0 Å². The molecule has 0 bridgehead atoms. The number of nitrogens with one attached hydrogen (secondary N) is 1. The highest BCUT2D eigenvalue weighted by Gasteiger charge is 2.14.